The van der Waals surface area contributed by atoms with E-state index in [0.717, 1.165) is 0 Å². The molecule has 3 aromatic heterocycles. The molecule has 8 rings (SSSR count). The number of fused-ring (bicyclic) bond motifs is 12. The Kier molecular flexibility index (Phi) is 7.21. The molecule has 0 fully saturated rings. The van der Waals surface area contributed by atoms with Crippen LogP contribution in [0.4, 0.5) is 5.69 Å². The van der Waals surface area contributed by atoms with E-state index in [0.29, 0.717) is 23.7 Å². The number of halogens is 1. The van der Waals surface area contributed by atoms with Gasteiger partial charge in [0.25, 0.3) is 0 Å². The van der Waals surface area contributed by atoms with Gasteiger partial charge in [0.2, 0.25) is 5.69 Å². The van der Waals surface area contributed by atoms with Crippen molar-refractivity contribution in [1.82, 2.24) is 15.0 Å². The van der Waals surface area contributed by atoms with Crippen molar-refractivity contribution in [3.8, 4) is 0 Å². The molecule has 0 atom stereocenters. The third-order valence-corrected chi connectivity index (χ3v) is 10.1. The highest BCUT2D eigenvalue weighted by atomic mass is 35.5. The van der Waals surface area contributed by atoms with Gasteiger partial charge in [0, 0.05) is 39.0 Å². The summed E-state index contributed by atoms with van der Waals surface area (Å²) in [7, 11) is 0. The van der Waals surface area contributed by atoms with Crippen molar-refractivity contribution in [2.45, 2.75) is 73.1 Å². The third-order valence-electron chi connectivity index (χ3n) is 10.1. The second kappa shape index (κ2) is 10.9. The molecule has 4 nitrogen and oxygen atoms in total. The molecular formula is C41H43ClN4. The van der Waals surface area contributed by atoms with Crippen LogP contribution in [0, 0.1) is 5.92 Å². The predicted octanol–water partition coefficient (Wildman–Crippen LogP) is 5.24. The van der Waals surface area contributed by atoms with E-state index in [-0.39, 0.29) is 12.4 Å². The summed E-state index contributed by atoms with van der Waals surface area (Å²) >= 11 is 0. The lowest BCUT2D eigenvalue weighted by molar-refractivity contribution is -0.342. The molecule has 46 heavy (non-hydrogen) atoms. The highest BCUT2D eigenvalue weighted by Gasteiger charge is 2.27. The van der Waals surface area contributed by atoms with Crippen molar-refractivity contribution in [1.29, 1.82) is 0 Å². The maximum Gasteiger partial charge on any atom is 0.236 e. The molecule has 0 saturated heterocycles. The van der Waals surface area contributed by atoms with Crippen LogP contribution in [0.2, 0.25) is 0 Å². The lowest BCUT2D eigenvalue weighted by Gasteiger charge is -2.11. The van der Waals surface area contributed by atoms with Crippen molar-refractivity contribution in [3.63, 3.8) is 0 Å². The average molecular weight is 627 g/mol. The second-order valence-corrected chi connectivity index (χ2v) is 14.2. The van der Waals surface area contributed by atoms with Crippen molar-refractivity contribution in [2.24, 2.45) is 5.92 Å². The first-order chi connectivity index (χ1) is 21.7. The van der Waals surface area contributed by atoms with E-state index in [9.17, 15) is 0 Å². The Bertz CT molecular complexity index is 2500. The number of aromatic nitrogens is 3. The van der Waals surface area contributed by atoms with Crippen molar-refractivity contribution >= 4 is 77.8 Å². The summed E-state index contributed by atoms with van der Waals surface area (Å²) in [6.07, 6.45) is 6.82. The number of nitrogens with one attached hydrogen (secondary N) is 4. The highest BCUT2D eigenvalue weighted by Crippen LogP contribution is 2.43. The molecule has 5 heteroatoms. The molecule has 1 aliphatic heterocycles. The number of aromatic amines is 3. The first kappa shape index (κ1) is 30.4. The summed E-state index contributed by atoms with van der Waals surface area (Å²) in [6, 6.07) is 17.9. The van der Waals surface area contributed by atoms with Crippen molar-refractivity contribution < 1.29 is 17.4 Å². The molecule has 0 radical (unpaired) electrons. The fourth-order valence-electron chi connectivity index (χ4n) is 8.17. The van der Waals surface area contributed by atoms with Crippen LogP contribution in [0.3, 0.4) is 0 Å². The van der Waals surface area contributed by atoms with Crippen molar-refractivity contribution in [2.75, 3.05) is 0 Å². The van der Waals surface area contributed by atoms with Crippen LogP contribution in [0.25, 0.3) is 65.9 Å². The number of hydrogen-bond donors (Lipinski definition) is 4. The smallest absolute Gasteiger partial charge is 0.236 e. The Labute approximate surface area is 276 Å². The highest BCUT2D eigenvalue weighted by molar-refractivity contribution is 6.26. The first-order valence-corrected chi connectivity index (χ1v) is 16.7. The Morgan fingerprint density at radius 3 is 1.80 bits per heavy atom. The Hall–Kier alpha value is -4.28. The van der Waals surface area contributed by atoms with Gasteiger partial charge in [-0.2, -0.15) is 0 Å². The standard InChI is InChI=1S/C41H42N4.ClH/c1-20(2)28-18-42-38-34(28)24-13-9-11-15-26(24)36-32(22(5)6)30(44-40(36)38)17-31-33(23(7)8)37-27-16-12-10-14-25(27)35-29(21(3)4)19-43-39(35)41(37)45-31;/h9-23,42,44-45H,1-8H3;1H/b31-17-;. The van der Waals surface area contributed by atoms with Gasteiger partial charge in [0.15, 0.2) is 6.21 Å². The van der Waals surface area contributed by atoms with Gasteiger partial charge >= 0.3 is 0 Å². The topological polar surface area (TPSA) is 61.3 Å². The van der Waals surface area contributed by atoms with Gasteiger partial charge in [0.05, 0.1) is 16.3 Å². The van der Waals surface area contributed by atoms with Gasteiger partial charge in [0.1, 0.15) is 5.52 Å². The van der Waals surface area contributed by atoms with E-state index in [2.05, 4.69) is 142 Å². The van der Waals surface area contributed by atoms with E-state index in [4.69, 9.17) is 0 Å². The minimum atomic E-state index is 0. The summed E-state index contributed by atoms with van der Waals surface area (Å²) in [5.74, 6) is 1.53. The van der Waals surface area contributed by atoms with Crippen LogP contribution >= 0.6 is 0 Å². The lowest BCUT2D eigenvalue weighted by atomic mass is 9.91. The maximum absolute atomic E-state index is 3.97. The summed E-state index contributed by atoms with van der Waals surface area (Å²) < 4.78 is 0. The normalized spacial score (nSPS) is 13.8. The zero-order valence-corrected chi connectivity index (χ0v) is 28.8. The molecular weight excluding hydrogens is 584 g/mol. The van der Waals surface area contributed by atoms with Gasteiger partial charge < -0.3 is 27.4 Å². The Morgan fingerprint density at radius 1 is 0.609 bits per heavy atom. The van der Waals surface area contributed by atoms with Gasteiger partial charge in [-0.1, -0.05) is 104 Å². The monoisotopic (exact) mass is 626 g/mol. The zero-order valence-electron chi connectivity index (χ0n) is 28.0. The largest absolute Gasteiger partial charge is 1.00 e. The van der Waals surface area contributed by atoms with Crippen LogP contribution < -0.4 is 28.0 Å². The summed E-state index contributed by atoms with van der Waals surface area (Å²) in [4.78, 5) is 15.3. The minimum Gasteiger partial charge on any atom is -1.00 e. The van der Waals surface area contributed by atoms with E-state index < -0.39 is 0 Å². The second-order valence-electron chi connectivity index (χ2n) is 14.2. The summed E-state index contributed by atoms with van der Waals surface area (Å²) in [5.41, 5.74) is 11.5. The van der Waals surface area contributed by atoms with Crippen LogP contribution in [-0.2, 0) is 0 Å². The maximum atomic E-state index is 3.97. The van der Waals surface area contributed by atoms with Gasteiger partial charge in [-0.3, -0.25) is 0 Å². The molecule has 1 aliphatic rings. The fraction of sp³-hybridized carbons (Fsp3) is 0.293. The number of benzene rings is 4. The zero-order chi connectivity index (χ0) is 31.3. The molecule has 0 aliphatic carbocycles. The van der Waals surface area contributed by atoms with E-state index in [1.807, 2.05) is 0 Å². The molecule has 4 aromatic carbocycles. The molecule has 0 saturated carbocycles. The summed E-state index contributed by atoms with van der Waals surface area (Å²) in [6.45, 7) is 18.4. The fourth-order valence-corrected chi connectivity index (χ4v) is 8.17. The molecule has 0 amide bonds. The molecule has 4 heterocycles. The molecule has 0 unspecified atom stereocenters. The molecule has 0 spiro atoms. The Balaban J connectivity index is 0.00000338. The van der Waals surface area contributed by atoms with Gasteiger partial charge in [-0.05, 0) is 68.0 Å². The molecule has 0 bridgehead atoms. The van der Waals surface area contributed by atoms with Crippen LogP contribution in [-0.4, -0.2) is 21.2 Å². The first-order valence-electron chi connectivity index (χ1n) is 16.7. The van der Waals surface area contributed by atoms with Gasteiger partial charge in [-0.15, -0.1) is 0 Å². The SMILES string of the molecule is CC(C)C1=c2c(c3[nH]/c(=C\c4[nH]c5c6[nH]cc(C(C)C)c6c6ccccc6c5c4C(C)C)c(C(C)C)c3c3ccccc23)[NH+]=C1.[Cl-]. The Morgan fingerprint density at radius 2 is 1.20 bits per heavy atom. The van der Waals surface area contributed by atoms with Crippen molar-refractivity contribution in [3.05, 3.63) is 87.7 Å². The molecule has 7 aromatic rings. The van der Waals surface area contributed by atoms with Gasteiger partial charge in [-0.25, -0.2) is 4.99 Å². The summed E-state index contributed by atoms with van der Waals surface area (Å²) in [5, 5.41) is 11.8. The minimum absolute atomic E-state index is 0. The molecule has 4 N–H and O–H groups in total. The van der Waals surface area contributed by atoms with Crippen LogP contribution in [0.15, 0.2) is 54.7 Å². The number of rotatable bonds is 5. The predicted molar refractivity (Wildman–Crippen MR) is 193 cm³/mol. The quantitative estimate of drug-likeness (QED) is 0.202. The van der Waals surface area contributed by atoms with Crippen LogP contribution in [0.5, 0.6) is 0 Å². The van der Waals surface area contributed by atoms with E-state index in [1.165, 1.54) is 98.5 Å². The lowest BCUT2D eigenvalue weighted by Crippen LogP contribution is -3.00. The number of H-pyrrole nitrogens is 3. The van der Waals surface area contributed by atoms with E-state index in [1.54, 1.807) is 0 Å². The number of hydrogen-bond acceptors (Lipinski definition) is 0. The van der Waals surface area contributed by atoms with E-state index >= 15 is 0 Å². The van der Waals surface area contributed by atoms with Crippen LogP contribution in [0.1, 0.15) is 95.5 Å². The molecule has 234 valence electrons. The average Bonchev–Trinajstić information content (AvgIpc) is 3.79. The third kappa shape index (κ3) is 4.15.